The number of pyridine rings is 1. The third-order valence-corrected chi connectivity index (χ3v) is 5.80. The smallest absolute Gasteiger partial charge is 0.311 e. The molecule has 1 aromatic heterocycles. The van der Waals surface area contributed by atoms with Gasteiger partial charge in [0, 0.05) is 18.2 Å². The molecule has 0 amide bonds. The molecular formula is C24H25N3O4. The van der Waals surface area contributed by atoms with Gasteiger partial charge in [-0.05, 0) is 42.4 Å². The molecule has 1 heterocycles. The quantitative estimate of drug-likeness (QED) is 0.333. The van der Waals surface area contributed by atoms with Crippen molar-refractivity contribution >= 4 is 12.2 Å². The summed E-state index contributed by atoms with van der Waals surface area (Å²) in [7, 11) is 0. The summed E-state index contributed by atoms with van der Waals surface area (Å²) in [4.78, 5) is 22.4. The molecule has 0 radical (unpaired) electrons. The van der Waals surface area contributed by atoms with Crippen molar-refractivity contribution in [3.8, 4) is 17.7 Å². The maximum atomic E-state index is 12.8. The van der Waals surface area contributed by atoms with Gasteiger partial charge in [-0.3, -0.25) is 4.79 Å². The normalized spacial score (nSPS) is 22.4. The molecule has 7 heteroatoms. The monoisotopic (exact) mass is 419 g/mol. The molecule has 0 aliphatic heterocycles. The number of aromatic nitrogens is 1. The van der Waals surface area contributed by atoms with E-state index in [0.29, 0.717) is 29.8 Å². The molecule has 0 bridgehead atoms. The van der Waals surface area contributed by atoms with Gasteiger partial charge in [0.25, 0.3) is 0 Å². The second kappa shape index (κ2) is 8.76. The van der Waals surface area contributed by atoms with Crippen molar-refractivity contribution in [3.63, 3.8) is 0 Å². The number of rotatable bonds is 9. The minimum Gasteiger partial charge on any atom is -0.440 e. The van der Waals surface area contributed by atoms with Gasteiger partial charge in [0.05, 0.1) is 11.6 Å². The highest BCUT2D eigenvalue weighted by Gasteiger charge is 2.62. The van der Waals surface area contributed by atoms with Crippen LogP contribution in [0.25, 0.3) is 0 Å². The zero-order chi connectivity index (χ0) is 21.8. The van der Waals surface area contributed by atoms with Gasteiger partial charge >= 0.3 is 5.97 Å². The van der Waals surface area contributed by atoms with Gasteiger partial charge < -0.3 is 14.3 Å². The van der Waals surface area contributed by atoms with Crippen LogP contribution in [0.15, 0.2) is 53.7 Å². The van der Waals surface area contributed by atoms with Crippen molar-refractivity contribution < 1.29 is 19.1 Å². The highest BCUT2D eigenvalue weighted by atomic mass is 16.6. The van der Waals surface area contributed by atoms with E-state index < -0.39 is 12.1 Å². The van der Waals surface area contributed by atoms with E-state index in [9.17, 15) is 10.1 Å². The van der Waals surface area contributed by atoms with Crippen LogP contribution in [0.2, 0.25) is 0 Å². The third-order valence-electron chi connectivity index (χ3n) is 5.80. The van der Waals surface area contributed by atoms with E-state index >= 15 is 0 Å². The van der Waals surface area contributed by atoms with E-state index in [2.05, 4.69) is 10.1 Å². The van der Waals surface area contributed by atoms with Crippen LogP contribution in [0.3, 0.4) is 0 Å². The molecule has 2 aliphatic rings. The number of hydrogen-bond acceptors (Lipinski definition) is 7. The minimum absolute atomic E-state index is 0.0840. The Bertz CT molecular complexity index is 995. The Morgan fingerprint density at radius 2 is 2.03 bits per heavy atom. The number of para-hydroxylation sites is 1. The van der Waals surface area contributed by atoms with Gasteiger partial charge in [-0.2, -0.15) is 5.26 Å². The molecule has 1 aromatic carbocycles. The number of nitriles is 1. The Hall–Kier alpha value is -3.40. The van der Waals surface area contributed by atoms with E-state index in [0.717, 1.165) is 0 Å². The summed E-state index contributed by atoms with van der Waals surface area (Å²) in [5.74, 6) is 0.676. The number of nitrogens with zero attached hydrogens (tertiary/aromatic N) is 3. The van der Waals surface area contributed by atoms with Crippen LogP contribution in [0.5, 0.6) is 11.6 Å². The predicted molar refractivity (Wildman–Crippen MR) is 113 cm³/mol. The molecule has 2 aromatic rings. The van der Waals surface area contributed by atoms with Gasteiger partial charge in [-0.1, -0.05) is 43.3 Å². The topological polar surface area (TPSA) is 93.8 Å². The van der Waals surface area contributed by atoms with Crippen LogP contribution in [-0.2, 0) is 14.4 Å². The van der Waals surface area contributed by atoms with Crippen LogP contribution in [0.1, 0.15) is 38.5 Å². The highest BCUT2D eigenvalue weighted by Crippen LogP contribution is 2.58. The molecule has 160 valence electrons. The number of hydrogen-bond donors (Lipinski definition) is 0. The molecule has 0 saturated heterocycles. The Kier molecular flexibility index (Phi) is 5.90. The van der Waals surface area contributed by atoms with Crippen molar-refractivity contribution in [2.45, 2.75) is 32.8 Å². The standard InChI is InChI=1S/C24H25N3O4/c1-24(2)18(14-26-29-15-16-11-12-16)22(24)23(28)31-20(13-25)19-9-6-10-21(27-19)30-17-7-4-3-5-8-17/h3-10,14,16,18,20,22H,11-12,15H2,1-2H3. The van der Waals surface area contributed by atoms with Crippen LogP contribution >= 0.6 is 0 Å². The van der Waals surface area contributed by atoms with Crippen LogP contribution in [-0.4, -0.2) is 23.8 Å². The van der Waals surface area contributed by atoms with E-state index in [4.69, 9.17) is 14.3 Å². The van der Waals surface area contributed by atoms with Crippen molar-refractivity contribution in [3.05, 3.63) is 54.2 Å². The Morgan fingerprint density at radius 1 is 1.26 bits per heavy atom. The zero-order valence-corrected chi connectivity index (χ0v) is 17.6. The van der Waals surface area contributed by atoms with Crippen LogP contribution < -0.4 is 4.74 Å². The second-order valence-electron chi connectivity index (χ2n) is 8.58. The summed E-state index contributed by atoms with van der Waals surface area (Å²) in [5, 5.41) is 13.6. The molecule has 2 fully saturated rings. The summed E-state index contributed by atoms with van der Waals surface area (Å²) in [6.07, 6.45) is 2.95. The van der Waals surface area contributed by atoms with Gasteiger partial charge in [0.2, 0.25) is 12.0 Å². The van der Waals surface area contributed by atoms with E-state index in [1.54, 1.807) is 36.5 Å². The lowest BCUT2D eigenvalue weighted by molar-refractivity contribution is -0.149. The molecule has 4 rings (SSSR count). The largest absolute Gasteiger partial charge is 0.440 e. The third kappa shape index (κ3) is 5.02. The first-order valence-corrected chi connectivity index (χ1v) is 10.4. The lowest BCUT2D eigenvalue weighted by Crippen LogP contribution is -2.15. The average Bonchev–Trinajstić information content (AvgIpc) is 3.67. The number of carbonyl (C=O) groups is 1. The van der Waals surface area contributed by atoms with E-state index in [-0.39, 0.29) is 17.3 Å². The van der Waals surface area contributed by atoms with Gasteiger partial charge in [-0.25, -0.2) is 4.98 Å². The van der Waals surface area contributed by atoms with Crippen molar-refractivity contribution in [1.29, 1.82) is 5.26 Å². The van der Waals surface area contributed by atoms with Crippen LogP contribution in [0.4, 0.5) is 0 Å². The van der Waals surface area contributed by atoms with E-state index in [1.165, 1.54) is 12.8 Å². The van der Waals surface area contributed by atoms with Crippen LogP contribution in [0, 0.1) is 34.5 Å². The molecule has 0 N–H and O–H groups in total. The average molecular weight is 419 g/mol. The lowest BCUT2D eigenvalue weighted by Gasteiger charge is -2.12. The number of carbonyl (C=O) groups excluding carboxylic acids is 1. The number of esters is 1. The summed E-state index contributed by atoms with van der Waals surface area (Å²) >= 11 is 0. The molecule has 3 atom stereocenters. The lowest BCUT2D eigenvalue weighted by atomic mass is 10.1. The van der Waals surface area contributed by atoms with E-state index in [1.807, 2.05) is 38.1 Å². The first kappa shape index (κ1) is 20.9. The number of ether oxygens (including phenoxy) is 2. The second-order valence-corrected chi connectivity index (χ2v) is 8.58. The van der Waals surface area contributed by atoms with Crippen molar-refractivity contribution in [1.82, 2.24) is 4.98 Å². The Morgan fingerprint density at radius 3 is 2.74 bits per heavy atom. The molecule has 0 spiro atoms. The number of benzene rings is 1. The van der Waals surface area contributed by atoms with Gasteiger partial charge in [0.15, 0.2) is 0 Å². The summed E-state index contributed by atoms with van der Waals surface area (Å²) in [6.45, 7) is 4.58. The maximum absolute atomic E-state index is 12.8. The number of oxime groups is 1. The van der Waals surface area contributed by atoms with Gasteiger partial charge in [0.1, 0.15) is 18.4 Å². The SMILES string of the molecule is CC1(C)C(C=NOCC2CC2)C1C(=O)OC(C#N)c1cccc(Oc2ccccc2)n1. The maximum Gasteiger partial charge on any atom is 0.311 e. The predicted octanol–water partition coefficient (Wildman–Crippen LogP) is 4.67. The molecule has 3 unspecified atom stereocenters. The fourth-order valence-electron chi connectivity index (χ4n) is 3.53. The fourth-order valence-corrected chi connectivity index (χ4v) is 3.53. The first-order valence-electron chi connectivity index (χ1n) is 10.4. The van der Waals surface area contributed by atoms with Gasteiger partial charge in [-0.15, -0.1) is 0 Å². The zero-order valence-electron chi connectivity index (χ0n) is 17.6. The van der Waals surface area contributed by atoms with Crippen molar-refractivity contribution in [2.75, 3.05) is 6.61 Å². The summed E-state index contributed by atoms with van der Waals surface area (Å²) in [5.41, 5.74) is 0.0237. The molecule has 2 saturated carbocycles. The molecule has 2 aliphatic carbocycles. The first-order chi connectivity index (χ1) is 15.0. The minimum atomic E-state index is -1.12. The highest BCUT2D eigenvalue weighted by molar-refractivity contribution is 5.85. The Balaban J connectivity index is 1.37. The molecule has 7 nitrogen and oxygen atoms in total. The fraction of sp³-hybridized carbons (Fsp3) is 0.417. The Labute approximate surface area is 181 Å². The van der Waals surface area contributed by atoms with Crippen molar-refractivity contribution in [2.24, 2.45) is 28.3 Å². The molecule has 31 heavy (non-hydrogen) atoms. The summed E-state index contributed by atoms with van der Waals surface area (Å²) in [6, 6.07) is 16.3. The summed E-state index contributed by atoms with van der Waals surface area (Å²) < 4.78 is 11.2. The molecular weight excluding hydrogens is 394 g/mol.